The molecule has 0 saturated carbocycles. The summed E-state index contributed by atoms with van der Waals surface area (Å²) < 4.78 is 24.9. The molecule has 8 nitrogen and oxygen atoms in total. The summed E-state index contributed by atoms with van der Waals surface area (Å²) in [5.41, 5.74) is 2.53. The number of carbonyl (C=O) groups excluding carboxylic acids is 1. The van der Waals surface area contributed by atoms with E-state index < -0.39 is 10.0 Å². The Morgan fingerprint density at radius 2 is 1.93 bits per heavy atom. The van der Waals surface area contributed by atoms with Gasteiger partial charge >= 0.3 is 0 Å². The highest BCUT2D eigenvalue weighted by molar-refractivity contribution is 7.88. The molecule has 1 aliphatic rings. The molecule has 0 radical (unpaired) electrons. The predicted octanol–water partition coefficient (Wildman–Crippen LogP) is 2.03. The topological polar surface area (TPSA) is 108 Å². The second-order valence-electron chi connectivity index (χ2n) is 7.70. The Bertz CT molecular complexity index is 1120. The van der Waals surface area contributed by atoms with Crippen molar-refractivity contribution in [3.05, 3.63) is 59.9 Å². The minimum Gasteiger partial charge on any atom is -0.347 e. The molecule has 1 fully saturated rings. The van der Waals surface area contributed by atoms with Crippen LogP contribution < -0.4 is 5.32 Å². The van der Waals surface area contributed by atoms with E-state index in [1.165, 1.54) is 10.6 Å². The Balaban J connectivity index is 1.54. The first-order valence-corrected chi connectivity index (χ1v) is 11.8. The average molecular weight is 428 g/mol. The van der Waals surface area contributed by atoms with Gasteiger partial charge in [0.25, 0.3) is 0 Å². The molecule has 158 valence electrons. The van der Waals surface area contributed by atoms with E-state index in [4.69, 9.17) is 0 Å². The summed E-state index contributed by atoms with van der Waals surface area (Å²) in [4.78, 5) is 17.3. The third kappa shape index (κ3) is 4.52. The van der Waals surface area contributed by atoms with Crippen LogP contribution in [0.1, 0.15) is 30.1 Å². The van der Waals surface area contributed by atoms with Gasteiger partial charge in [-0.1, -0.05) is 30.3 Å². The van der Waals surface area contributed by atoms with Crippen molar-refractivity contribution in [1.82, 2.24) is 24.8 Å². The Hall–Kier alpha value is -2.78. The molecule has 1 aromatic carbocycles. The van der Waals surface area contributed by atoms with Crippen molar-refractivity contribution in [3.63, 3.8) is 0 Å². The first kappa shape index (κ1) is 20.5. The van der Waals surface area contributed by atoms with Crippen LogP contribution in [0.3, 0.4) is 0 Å². The van der Waals surface area contributed by atoms with Gasteiger partial charge in [-0.15, -0.1) is 0 Å². The third-order valence-corrected chi connectivity index (χ3v) is 6.90. The fourth-order valence-electron chi connectivity index (χ4n) is 3.95. The number of pyridine rings is 1. The lowest BCUT2D eigenvalue weighted by Crippen LogP contribution is -2.43. The first-order chi connectivity index (χ1) is 14.4. The second-order valence-corrected chi connectivity index (χ2v) is 9.68. The van der Waals surface area contributed by atoms with E-state index in [2.05, 4.69) is 20.5 Å². The molecule has 3 aromatic rings. The molecule has 1 atom stereocenters. The first-order valence-electron chi connectivity index (χ1n) is 10.0. The Morgan fingerprint density at radius 1 is 1.20 bits per heavy atom. The number of amides is 1. The molecule has 0 aliphatic carbocycles. The van der Waals surface area contributed by atoms with Gasteiger partial charge in [0.15, 0.2) is 5.65 Å². The lowest BCUT2D eigenvalue weighted by atomic mass is 9.95. The van der Waals surface area contributed by atoms with Crippen LogP contribution in [0, 0.1) is 5.92 Å². The van der Waals surface area contributed by atoms with Crippen molar-refractivity contribution in [2.45, 2.75) is 25.3 Å². The highest BCUT2D eigenvalue weighted by atomic mass is 32.2. The van der Waals surface area contributed by atoms with Crippen LogP contribution in [0.25, 0.3) is 11.0 Å². The highest BCUT2D eigenvalue weighted by Crippen LogP contribution is 2.26. The molecular weight excluding hydrogens is 402 g/mol. The summed E-state index contributed by atoms with van der Waals surface area (Å²) in [5.74, 6) is -0.274. The van der Waals surface area contributed by atoms with Crippen LogP contribution >= 0.6 is 0 Å². The van der Waals surface area contributed by atoms with E-state index in [-0.39, 0.29) is 17.9 Å². The number of aromatic amines is 1. The average Bonchev–Trinajstić information content (AvgIpc) is 3.17. The lowest BCUT2D eigenvalue weighted by Gasteiger charge is -2.30. The zero-order chi connectivity index (χ0) is 21.1. The maximum atomic E-state index is 13.1. The van der Waals surface area contributed by atoms with Gasteiger partial charge in [-0.2, -0.15) is 5.10 Å². The quantitative estimate of drug-likeness (QED) is 0.626. The summed E-state index contributed by atoms with van der Waals surface area (Å²) in [5, 5.41) is 11.4. The van der Waals surface area contributed by atoms with Gasteiger partial charge < -0.3 is 5.32 Å². The van der Waals surface area contributed by atoms with Crippen LogP contribution in [-0.4, -0.2) is 53.2 Å². The summed E-state index contributed by atoms with van der Waals surface area (Å²) in [6, 6.07) is 13.5. The minimum absolute atomic E-state index is 0.0595. The Kier molecular flexibility index (Phi) is 5.83. The minimum atomic E-state index is -3.22. The standard InChI is InChI=1S/C21H25N5O3S/c1-30(28,29)26-12-9-16(10-13-26)21(27)23-18(14-15-6-3-2-4-7-15)19-17-8-5-11-22-20(17)25-24-19/h2-8,11,16,18H,9-10,12-14H2,1H3,(H,23,27)(H,22,24,25)/t18-/m0/s1. The molecule has 0 bridgehead atoms. The number of nitrogens with zero attached hydrogens (tertiary/aromatic N) is 3. The van der Waals surface area contributed by atoms with Crippen molar-refractivity contribution in [2.75, 3.05) is 19.3 Å². The summed E-state index contributed by atoms with van der Waals surface area (Å²) in [6.07, 6.45) is 4.54. The number of nitrogens with one attached hydrogen (secondary N) is 2. The van der Waals surface area contributed by atoms with Crippen LogP contribution in [0.4, 0.5) is 0 Å². The molecule has 3 heterocycles. The highest BCUT2D eigenvalue weighted by Gasteiger charge is 2.30. The van der Waals surface area contributed by atoms with E-state index in [9.17, 15) is 13.2 Å². The summed E-state index contributed by atoms with van der Waals surface area (Å²) in [7, 11) is -3.22. The molecule has 4 rings (SSSR count). The number of sulfonamides is 1. The number of benzene rings is 1. The predicted molar refractivity (Wildman–Crippen MR) is 114 cm³/mol. The number of hydrogen-bond donors (Lipinski definition) is 2. The second kappa shape index (κ2) is 8.53. The largest absolute Gasteiger partial charge is 0.347 e. The van der Waals surface area contributed by atoms with Gasteiger partial charge in [-0.05, 0) is 37.0 Å². The van der Waals surface area contributed by atoms with E-state index >= 15 is 0 Å². The third-order valence-electron chi connectivity index (χ3n) is 5.60. The molecule has 1 amide bonds. The maximum absolute atomic E-state index is 13.1. The van der Waals surface area contributed by atoms with E-state index in [0.29, 0.717) is 38.0 Å². The summed E-state index contributed by atoms with van der Waals surface area (Å²) >= 11 is 0. The van der Waals surface area contributed by atoms with Gasteiger partial charge in [-0.3, -0.25) is 9.89 Å². The summed E-state index contributed by atoms with van der Waals surface area (Å²) in [6.45, 7) is 0.744. The van der Waals surface area contributed by atoms with Crippen molar-refractivity contribution in [2.24, 2.45) is 5.92 Å². The van der Waals surface area contributed by atoms with Crippen molar-refractivity contribution in [3.8, 4) is 0 Å². The van der Waals surface area contributed by atoms with Crippen molar-refractivity contribution in [1.29, 1.82) is 0 Å². The van der Waals surface area contributed by atoms with Crippen LogP contribution in [0.5, 0.6) is 0 Å². The smallest absolute Gasteiger partial charge is 0.223 e. The number of carbonyl (C=O) groups is 1. The van der Waals surface area contributed by atoms with E-state index in [0.717, 1.165) is 16.6 Å². The Morgan fingerprint density at radius 3 is 2.63 bits per heavy atom. The molecule has 2 aromatic heterocycles. The molecule has 2 N–H and O–H groups in total. The molecule has 9 heteroatoms. The fourth-order valence-corrected chi connectivity index (χ4v) is 4.82. The fraction of sp³-hybridized carbons (Fsp3) is 0.381. The molecule has 1 saturated heterocycles. The number of hydrogen-bond acceptors (Lipinski definition) is 5. The van der Waals surface area contributed by atoms with Crippen LogP contribution in [-0.2, 0) is 21.2 Å². The van der Waals surface area contributed by atoms with Gasteiger partial charge in [0.05, 0.1) is 18.0 Å². The molecule has 30 heavy (non-hydrogen) atoms. The van der Waals surface area contributed by atoms with Gasteiger partial charge in [0.2, 0.25) is 15.9 Å². The number of fused-ring (bicyclic) bond motifs is 1. The maximum Gasteiger partial charge on any atom is 0.223 e. The van der Waals surface area contributed by atoms with Gasteiger partial charge in [-0.25, -0.2) is 17.7 Å². The SMILES string of the molecule is CS(=O)(=O)N1CCC(C(=O)N[C@@H](Cc2ccccc2)c2[nH]nc3ncccc23)CC1. The van der Waals surface area contributed by atoms with E-state index in [1.807, 2.05) is 42.5 Å². The number of piperidine rings is 1. The molecule has 0 spiro atoms. The molecule has 0 unspecified atom stereocenters. The van der Waals surface area contributed by atoms with Crippen molar-refractivity contribution >= 4 is 27.0 Å². The molecule has 1 aliphatic heterocycles. The lowest BCUT2D eigenvalue weighted by molar-refractivity contribution is -0.126. The number of rotatable bonds is 6. The van der Waals surface area contributed by atoms with Crippen LogP contribution in [0.2, 0.25) is 0 Å². The van der Waals surface area contributed by atoms with Crippen molar-refractivity contribution < 1.29 is 13.2 Å². The van der Waals surface area contributed by atoms with Gasteiger partial charge in [0.1, 0.15) is 0 Å². The Labute approximate surface area is 175 Å². The molecular formula is C21H25N5O3S. The van der Waals surface area contributed by atoms with Gasteiger partial charge in [0, 0.05) is 30.6 Å². The number of aromatic nitrogens is 3. The van der Waals surface area contributed by atoms with E-state index in [1.54, 1.807) is 6.20 Å². The zero-order valence-electron chi connectivity index (χ0n) is 16.8. The monoisotopic (exact) mass is 427 g/mol. The van der Waals surface area contributed by atoms with Crippen LogP contribution in [0.15, 0.2) is 48.7 Å². The zero-order valence-corrected chi connectivity index (χ0v) is 17.6. The number of H-pyrrole nitrogens is 1. The normalized spacial score (nSPS) is 17.1.